The summed E-state index contributed by atoms with van der Waals surface area (Å²) in [6, 6.07) is 13.6. The molecular weight excluding hydrogens is 352 g/mol. The molecule has 2 aromatic heterocycles. The van der Waals surface area contributed by atoms with Gasteiger partial charge in [-0.3, -0.25) is 9.78 Å². The summed E-state index contributed by atoms with van der Waals surface area (Å²) in [6.07, 6.45) is 7.18. The number of rotatable bonds is 3. The normalized spacial score (nSPS) is 15.6. The van der Waals surface area contributed by atoms with E-state index < -0.39 is 0 Å². The number of amides is 1. The Morgan fingerprint density at radius 3 is 2.56 bits per heavy atom. The second kappa shape index (κ2) is 6.62. The average Bonchev–Trinajstić information content (AvgIpc) is 3.20. The summed E-state index contributed by atoms with van der Waals surface area (Å²) in [7, 11) is 0. The lowest BCUT2D eigenvalue weighted by Crippen LogP contribution is -2.17. The van der Waals surface area contributed by atoms with Gasteiger partial charge in [0, 0.05) is 29.7 Å². The highest BCUT2D eigenvalue weighted by atomic mass is 32.2. The molecule has 0 unspecified atom stereocenters. The summed E-state index contributed by atoms with van der Waals surface area (Å²) < 4.78 is 2.27. The zero-order chi connectivity index (χ0) is 17.2. The van der Waals surface area contributed by atoms with Crippen molar-refractivity contribution in [2.75, 3.05) is 0 Å². The molecule has 1 N–H and O–H groups in total. The minimum atomic E-state index is -0.178. The van der Waals surface area contributed by atoms with E-state index in [1.165, 1.54) is 11.8 Å². The maximum atomic E-state index is 12.0. The second-order valence-corrected chi connectivity index (χ2v) is 7.02. The number of carbonyl (C=O) groups is 1. The van der Waals surface area contributed by atoms with E-state index in [-0.39, 0.29) is 5.91 Å². The van der Waals surface area contributed by atoms with Crippen molar-refractivity contribution >= 4 is 40.3 Å². The molecule has 4 rings (SSSR count). The zero-order valence-electron chi connectivity index (χ0n) is 12.9. The highest BCUT2D eigenvalue weighted by molar-refractivity contribution is 8.26. The number of benzene rings is 1. The highest BCUT2D eigenvalue weighted by Gasteiger charge is 2.23. The number of thiocarbonyl (C=S) groups is 1. The molecule has 0 spiro atoms. The van der Waals surface area contributed by atoms with Crippen molar-refractivity contribution in [1.29, 1.82) is 0 Å². The SMILES string of the molecule is O=C1NC(=S)SC1=Cc1cn(-c2ccccc2)nc1-c1ccncc1. The molecule has 1 aromatic carbocycles. The summed E-state index contributed by atoms with van der Waals surface area (Å²) in [4.78, 5) is 16.6. The maximum Gasteiger partial charge on any atom is 0.263 e. The average molecular weight is 364 g/mol. The van der Waals surface area contributed by atoms with E-state index in [9.17, 15) is 4.79 Å². The summed E-state index contributed by atoms with van der Waals surface area (Å²) in [5.74, 6) is -0.178. The number of thioether (sulfide) groups is 1. The summed E-state index contributed by atoms with van der Waals surface area (Å²) in [5.41, 5.74) is 3.51. The van der Waals surface area contributed by atoms with Crippen LogP contribution in [-0.2, 0) is 4.79 Å². The first-order valence-electron chi connectivity index (χ1n) is 7.51. The molecule has 5 nitrogen and oxygen atoms in total. The van der Waals surface area contributed by atoms with Gasteiger partial charge in [-0.15, -0.1) is 0 Å². The largest absolute Gasteiger partial charge is 0.307 e. The number of hydrogen-bond acceptors (Lipinski definition) is 5. The van der Waals surface area contributed by atoms with Gasteiger partial charge in [0.05, 0.1) is 10.6 Å². The predicted molar refractivity (Wildman–Crippen MR) is 103 cm³/mol. The first-order valence-corrected chi connectivity index (χ1v) is 8.73. The van der Waals surface area contributed by atoms with Crippen LogP contribution in [0.15, 0.2) is 66.0 Å². The predicted octanol–water partition coefficient (Wildman–Crippen LogP) is 3.42. The number of nitrogens with zero attached hydrogens (tertiary/aromatic N) is 3. The van der Waals surface area contributed by atoms with Crippen molar-refractivity contribution in [2.24, 2.45) is 0 Å². The van der Waals surface area contributed by atoms with Gasteiger partial charge in [-0.25, -0.2) is 4.68 Å². The van der Waals surface area contributed by atoms with Gasteiger partial charge < -0.3 is 5.32 Å². The minimum absolute atomic E-state index is 0.178. The molecule has 0 bridgehead atoms. The molecule has 122 valence electrons. The van der Waals surface area contributed by atoms with E-state index in [1.54, 1.807) is 17.1 Å². The number of nitrogens with one attached hydrogen (secondary N) is 1. The van der Waals surface area contributed by atoms with Crippen LogP contribution >= 0.6 is 24.0 Å². The van der Waals surface area contributed by atoms with Crippen molar-refractivity contribution in [3.8, 4) is 16.9 Å². The van der Waals surface area contributed by atoms with Crippen molar-refractivity contribution < 1.29 is 4.79 Å². The van der Waals surface area contributed by atoms with Crippen molar-refractivity contribution in [1.82, 2.24) is 20.1 Å². The van der Waals surface area contributed by atoms with Gasteiger partial charge in [0.2, 0.25) is 0 Å². The number of hydrogen-bond donors (Lipinski definition) is 1. The Morgan fingerprint density at radius 1 is 1.12 bits per heavy atom. The molecule has 1 fully saturated rings. The zero-order valence-corrected chi connectivity index (χ0v) is 14.6. The van der Waals surface area contributed by atoms with Crippen LogP contribution in [0.4, 0.5) is 0 Å². The lowest BCUT2D eigenvalue weighted by Gasteiger charge is -2.00. The van der Waals surface area contributed by atoms with Crippen LogP contribution in [-0.4, -0.2) is 25.0 Å². The van der Waals surface area contributed by atoms with E-state index >= 15 is 0 Å². The fraction of sp³-hybridized carbons (Fsp3) is 0. The summed E-state index contributed by atoms with van der Waals surface area (Å²) in [5, 5.41) is 7.34. The smallest absolute Gasteiger partial charge is 0.263 e. The Kier molecular flexibility index (Phi) is 4.17. The number of pyridine rings is 1. The van der Waals surface area contributed by atoms with Crippen LogP contribution in [0.25, 0.3) is 23.0 Å². The van der Waals surface area contributed by atoms with E-state index in [2.05, 4.69) is 10.3 Å². The molecule has 7 heteroatoms. The molecule has 1 amide bonds. The fourth-order valence-corrected chi connectivity index (χ4v) is 3.54. The summed E-state index contributed by atoms with van der Waals surface area (Å²) in [6.45, 7) is 0. The van der Waals surface area contributed by atoms with Crippen LogP contribution < -0.4 is 5.32 Å². The molecule has 1 aliphatic heterocycles. The number of para-hydroxylation sites is 1. The van der Waals surface area contributed by atoms with Gasteiger partial charge in [-0.2, -0.15) is 5.10 Å². The maximum absolute atomic E-state index is 12.0. The van der Waals surface area contributed by atoms with Gasteiger partial charge >= 0.3 is 0 Å². The number of carbonyl (C=O) groups excluding carboxylic acids is 1. The molecular formula is C18H12N4OS2. The third kappa shape index (κ3) is 3.24. The molecule has 3 heterocycles. The Bertz CT molecular complexity index is 981. The lowest BCUT2D eigenvalue weighted by atomic mass is 10.1. The Morgan fingerprint density at radius 2 is 1.88 bits per heavy atom. The van der Waals surface area contributed by atoms with Crippen LogP contribution in [0.5, 0.6) is 0 Å². The monoisotopic (exact) mass is 364 g/mol. The van der Waals surface area contributed by atoms with E-state index in [0.717, 1.165) is 22.5 Å². The van der Waals surface area contributed by atoms with Crippen LogP contribution in [0.3, 0.4) is 0 Å². The van der Waals surface area contributed by atoms with Gasteiger partial charge in [0.1, 0.15) is 10.0 Å². The molecule has 3 aromatic rings. The molecule has 1 aliphatic rings. The first-order chi connectivity index (χ1) is 12.2. The molecule has 0 atom stereocenters. The van der Waals surface area contributed by atoms with Crippen molar-refractivity contribution in [3.05, 3.63) is 71.5 Å². The molecule has 1 saturated heterocycles. The fourth-order valence-electron chi connectivity index (χ4n) is 2.50. The van der Waals surface area contributed by atoms with Crippen LogP contribution in [0.2, 0.25) is 0 Å². The molecule has 0 aliphatic carbocycles. The standard InChI is InChI=1S/C18H12N4OS2/c23-17-15(25-18(24)20-17)10-13-11-22(14-4-2-1-3-5-14)21-16(13)12-6-8-19-9-7-12/h1-11H,(H,20,23,24). The summed E-state index contributed by atoms with van der Waals surface area (Å²) >= 11 is 6.32. The molecule has 0 radical (unpaired) electrons. The van der Waals surface area contributed by atoms with Crippen LogP contribution in [0, 0.1) is 0 Å². The van der Waals surface area contributed by atoms with Crippen molar-refractivity contribution in [3.63, 3.8) is 0 Å². The van der Waals surface area contributed by atoms with E-state index in [1.807, 2.05) is 54.7 Å². The van der Waals surface area contributed by atoms with Crippen LogP contribution in [0.1, 0.15) is 5.56 Å². The quantitative estimate of drug-likeness (QED) is 0.570. The van der Waals surface area contributed by atoms with Gasteiger partial charge in [0.15, 0.2) is 0 Å². The Labute approximate surface area is 153 Å². The third-order valence-electron chi connectivity index (χ3n) is 3.65. The minimum Gasteiger partial charge on any atom is -0.307 e. The van der Waals surface area contributed by atoms with Crippen molar-refractivity contribution in [2.45, 2.75) is 0 Å². The highest BCUT2D eigenvalue weighted by Crippen LogP contribution is 2.30. The van der Waals surface area contributed by atoms with Gasteiger partial charge in [-0.05, 0) is 30.3 Å². The molecule has 0 saturated carbocycles. The second-order valence-electron chi connectivity index (χ2n) is 5.30. The van der Waals surface area contributed by atoms with Gasteiger partial charge in [-0.1, -0.05) is 42.2 Å². The van der Waals surface area contributed by atoms with E-state index in [4.69, 9.17) is 17.3 Å². The Hall–Kier alpha value is -2.77. The van der Waals surface area contributed by atoms with Gasteiger partial charge in [0.25, 0.3) is 5.91 Å². The first kappa shape index (κ1) is 15.7. The third-order valence-corrected chi connectivity index (χ3v) is 4.81. The lowest BCUT2D eigenvalue weighted by molar-refractivity contribution is -0.115. The number of aromatic nitrogens is 3. The topological polar surface area (TPSA) is 59.8 Å². The Balaban J connectivity index is 1.84. The van der Waals surface area contributed by atoms with E-state index in [0.29, 0.717) is 9.23 Å². The molecule has 25 heavy (non-hydrogen) atoms.